The third-order valence-electron chi connectivity index (χ3n) is 10.7. The van der Waals surface area contributed by atoms with Gasteiger partial charge in [-0.05, 0) is 37.5 Å². The van der Waals surface area contributed by atoms with Crippen LogP contribution >= 0.6 is 34.7 Å². The van der Waals surface area contributed by atoms with Gasteiger partial charge in [0.15, 0.2) is 16.9 Å². The monoisotopic (exact) mass is 953 g/mol. The predicted molar refractivity (Wildman–Crippen MR) is 257 cm³/mol. The van der Waals surface area contributed by atoms with Gasteiger partial charge in [-0.3, -0.25) is 19.8 Å². The molecule has 6 aromatic rings. The SMILES string of the molecule is CC(C)(C)OC(=O)Nc1nc(/C(=N/OC(c2ccccc2)(c2ccccc2)c2ccccc2)C(=O)N[C@@H]2C(=O)N3C(C(=O)OC(c4ccccc4)c4ccccc4)=C(CC=O)CS[C@H]23)c(Cl)s1. The molecule has 0 saturated carbocycles. The van der Waals surface area contributed by atoms with E-state index in [-0.39, 0.29) is 33.0 Å². The zero-order chi connectivity index (χ0) is 47.1. The molecule has 1 saturated heterocycles. The summed E-state index contributed by atoms with van der Waals surface area (Å²) >= 11 is 8.98. The van der Waals surface area contributed by atoms with Crippen LogP contribution in [0.15, 0.2) is 168 Å². The van der Waals surface area contributed by atoms with Crippen LogP contribution in [0.1, 0.15) is 66.8 Å². The molecule has 1 fully saturated rings. The standard InChI is InChI=1S/C51H44ClN5O8S2/c1-50(2,3)64-49(62)55-48-54-38(43(52)67-48)39(56-65-51(35-23-13-6-14-24-35,36-25-15-7-16-26-36)37-27-17-8-18-28-37)44(59)53-40-45(60)57-41(34(29-30-58)31-66-46(40)57)47(61)63-42(32-19-9-4-10-20-32)33-21-11-5-12-22-33/h4-28,30,40,42,46H,29,31H2,1-3H3,(H,53,59)(H,54,55,62)/b56-39-/t40-,46-/m1/s1. The van der Waals surface area contributed by atoms with Gasteiger partial charge in [0, 0.05) is 28.9 Å². The molecule has 0 bridgehead atoms. The normalized spacial score (nSPS) is 16.1. The molecule has 2 aliphatic rings. The maximum Gasteiger partial charge on any atom is 0.413 e. The minimum atomic E-state index is -1.44. The molecule has 1 aromatic heterocycles. The molecule has 5 aromatic carbocycles. The summed E-state index contributed by atoms with van der Waals surface area (Å²) in [6, 6.07) is 45.3. The Kier molecular flexibility index (Phi) is 14.0. The number of rotatable bonds is 15. The molecule has 2 N–H and O–H groups in total. The number of aromatic nitrogens is 1. The highest BCUT2D eigenvalue weighted by Gasteiger charge is 2.55. The number of benzene rings is 5. The van der Waals surface area contributed by atoms with Crippen molar-refractivity contribution in [2.75, 3.05) is 11.1 Å². The molecule has 2 atom stereocenters. The van der Waals surface area contributed by atoms with Crippen LogP contribution in [-0.4, -0.2) is 68.5 Å². The summed E-state index contributed by atoms with van der Waals surface area (Å²) in [5, 5.41) is 9.19. The van der Waals surface area contributed by atoms with Gasteiger partial charge in [0.05, 0.1) is 0 Å². The summed E-state index contributed by atoms with van der Waals surface area (Å²) in [4.78, 5) is 80.8. The van der Waals surface area contributed by atoms with Gasteiger partial charge in [0.25, 0.3) is 11.8 Å². The van der Waals surface area contributed by atoms with E-state index in [4.69, 9.17) is 25.9 Å². The van der Waals surface area contributed by atoms with Crippen LogP contribution in [0, 0.1) is 0 Å². The van der Waals surface area contributed by atoms with Crippen LogP contribution in [0.4, 0.5) is 9.93 Å². The van der Waals surface area contributed by atoms with Crippen molar-refractivity contribution in [1.29, 1.82) is 0 Å². The van der Waals surface area contributed by atoms with Crippen molar-refractivity contribution in [3.05, 3.63) is 201 Å². The molecular weight excluding hydrogens is 910 g/mol. The largest absolute Gasteiger partial charge is 0.448 e. The maximum absolute atomic E-state index is 14.8. The number of thiazole rings is 1. The van der Waals surface area contributed by atoms with Crippen LogP contribution in [0.2, 0.25) is 4.34 Å². The van der Waals surface area contributed by atoms with E-state index in [2.05, 4.69) is 20.8 Å². The molecule has 0 unspecified atom stereocenters. The van der Waals surface area contributed by atoms with Crippen molar-refractivity contribution in [1.82, 2.24) is 15.2 Å². The fourth-order valence-corrected chi connectivity index (χ4v) is 10.2. The molecule has 340 valence electrons. The fourth-order valence-electron chi connectivity index (χ4n) is 7.76. The lowest BCUT2D eigenvalue weighted by molar-refractivity contribution is -0.154. The number of hydrogen-bond acceptors (Lipinski definition) is 12. The second kappa shape index (κ2) is 20.2. The Morgan fingerprint density at radius 2 is 1.33 bits per heavy atom. The van der Waals surface area contributed by atoms with E-state index < -0.39 is 58.3 Å². The van der Waals surface area contributed by atoms with E-state index in [9.17, 15) is 24.0 Å². The molecule has 0 radical (unpaired) electrons. The first kappa shape index (κ1) is 46.5. The summed E-state index contributed by atoms with van der Waals surface area (Å²) in [6.07, 6.45) is -1.07. The van der Waals surface area contributed by atoms with Gasteiger partial charge in [-0.15, -0.1) is 11.8 Å². The molecule has 16 heteroatoms. The van der Waals surface area contributed by atoms with Gasteiger partial charge < -0.3 is 24.4 Å². The minimum Gasteiger partial charge on any atom is -0.448 e. The van der Waals surface area contributed by atoms with Gasteiger partial charge >= 0.3 is 12.1 Å². The fraction of sp³-hybridized carbons (Fsp3) is 0.196. The van der Waals surface area contributed by atoms with E-state index in [1.165, 1.54) is 16.7 Å². The number of anilines is 1. The summed E-state index contributed by atoms with van der Waals surface area (Å²) < 4.78 is 11.6. The van der Waals surface area contributed by atoms with Gasteiger partial charge in [-0.25, -0.2) is 14.6 Å². The van der Waals surface area contributed by atoms with E-state index in [0.29, 0.717) is 39.7 Å². The Hall–Kier alpha value is -7.07. The molecule has 13 nitrogen and oxygen atoms in total. The third-order valence-corrected chi connectivity index (χ3v) is 13.2. The lowest BCUT2D eigenvalue weighted by Crippen LogP contribution is -2.71. The van der Waals surface area contributed by atoms with Crippen molar-refractivity contribution in [3.8, 4) is 0 Å². The quantitative estimate of drug-likeness (QED) is 0.0253. The Morgan fingerprint density at radius 1 is 0.821 bits per heavy atom. The third kappa shape index (κ3) is 10.0. The number of amides is 3. The zero-order valence-electron chi connectivity index (χ0n) is 36.5. The van der Waals surface area contributed by atoms with Gasteiger partial charge in [-0.2, -0.15) is 0 Å². The predicted octanol–water partition coefficient (Wildman–Crippen LogP) is 9.43. The molecule has 3 heterocycles. The minimum absolute atomic E-state index is 0.00392. The maximum atomic E-state index is 14.8. The summed E-state index contributed by atoms with van der Waals surface area (Å²) in [6.45, 7) is 5.13. The molecule has 8 rings (SSSR count). The molecular formula is C51H44ClN5O8S2. The number of nitrogens with zero attached hydrogens (tertiary/aromatic N) is 3. The Morgan fingerprint density at radius 3 is 1.82 bits per heavy atom. The first-order chi connectivity index (χ1) is 32.4. The average molecular weight is 955 g/mol. The second-order valence-electron chi connectivity index (χ2n) is 16.4. The topological polar surface area (TPSA) is 166 Å². The van der Waals surface area contributed by atoms with Gasteiger partial charge in [-0.1, -0.05) is 180 Å². The smallest absolute Gasteiger partial charge is 0.413 e. The lowest BCUT2D eigenvalue weighted by Gasteiger charge is -2.49. The number of carbonyl (C=O) groups is 5. The zero-order valence-corrected chi connectivity index (χ0v) is 38.8. The Bertz CT molecular complexity index is 2690. The Labute approximate surface area is 400 Å². The van der Waals surface area contributed by atoms with Crippen molar-refractivity contribution in [2.24, 2.45) is 5.16 Å². The number of oxime groups is 1. The van der Waals surface area contributed by atoms with E-state index in [1.807, 2.05) is 152 Å². The molecule has 0 spiro atoms. The van der Waals surface area contributed by atoms with Crippen molar-refractivity contribution >= 4 is 75.7 Å². The number of aldehydes is 1. The van der Waals surface area contributed by atoms with Crippen LogP contribution < -0.4 is 10.6 Å². The number of carbonyl (C=O) groups excluding carboxylic acids is 5. The summed E-state index contributed by atoms with van der Waals surface area (Å²) in [5.41, 5.74) is 0.965. The first-order valence-corrected chi connectivity index (χ1v) is 23.4. The number of nitrogens with one attached hydrogen (secondary N) is 2. The van der Waals surface area contributed by atoms with E-state index in [0.717, 1.165) is 11.3 Å². The number of esters is 1. The number of halogens is 1. The molecule has 67 heavy (non-hydrogen) atoms. The van der Waals surface area contributed by atoms with Gasteiger partial charge in [0.1, 0.15) is 39.0 Å². The van der Waals surface area contributed by atoms with Crippen molar-refractivity contribution in [3.63, 3.8) is 0 Å². The highest BCUT2D eigenvalue weighted by Crippen LogP contribution is 2.44. The highest BCUT2D eigenvalue weighted by atomic mass is 35.5. The second-order valence-corrected chi connectivity index (χ2v) is 19.1. The summed E-state index contributed by atoms with van der Waals surface area (Å²) in [5.74, 6) is -2.12. The average Bonchev–Trinajstić information content (AvgIpc) is 3.70. The first-order valence-electron chi connectivity index (χ1n) is 21.2. The molecule has 2 aliphatic heterocycles. The summed E-state index contributed by atoms with van der Waals surface area (Å²) in [7, 11) is 0. The van der Waals surface area contributed by atoms with E-state index in [1.54, 1.807) is 20.8 Å². The van der Waals surface area contributed by atoms with Crippen molar-refractivity contribution < 1.29 is 38.3 Å². The van der Waals surface area contributed by atoms with Crippen LogP contribution in [-0.2, 0) is 39.1 Å². The number of ether oxygens (including phenoxy) is 2. The number of hydrogen-bond donors (Lipinski definition) is 2. The van der Waals surface area contributed by atoms with Crippen molar-refractivity contribution in [2.45, 2.75) is 55.9 Å². The Balaban J connectivity index is 1.15. The van der Waals surface area contributed by atoms with Crippen LogP contribution in [0.3, 0.4) is 0 Å². The molecule has 0 aliphatic carbocycles. The van der Waals surface area contributed by atoms with Crippen LogP contribution in [0.5, 0.6) is 0 Å². The number of β-lactam (4-membered cyclic amide) rings is 1. The highest BCUT2D eigenvalue weighted by molar-refractivity contribution is 8.00. The van der Waals surface area contributed by atoms with E-state index >= 15 is 0 Å². The van der Waals surface area contributed by atoms with Crippen LogP contribution in [0.25, 0.3) is 0 Å². The van der Waals surface area contributed by atoms with Gasteiger partial charge in [0.2, 0.25) is 5.60 Å². The number of thioether (sulfide) groups is 1. The molecule has 3 amide bonds. The lowest BCUT2D eigenvalue weighted by atomic mass is 9.80. The number of fused-ring (bicyclic) bond motifs is 1.